The maximum atomic E-state index is 13.9. The second-order valence-electron chi connectivity index (χ2n) is 7.13. The van der Waals surface area contributed by atoms with Gasteiger partial charge in [0.05, 0.1) is 0 Å². The Labute approximate surface area is 156 Å². The second kappa shape index (κ2) is 8.28. The lowest BCUT2D eigenvalue weighted by Crippen LogP contribution is -2.32. The van der Waals surface area contributed by atoms with Gasteiger partial charge in [0.15, 0.2) is 5.69 Å². The molecule has 0 saturated carbocycles. The highest BCUT2D eigenvalue weighted by molar-refractivity contribution is 5.95. The van der Waals surface area contributed by atoms with Crippen molar-refractivity contribution in [3.63, 3.8) is 0 Å². The molecule has 2 rings (SSSR count). The second-order valence-corrected chi connectivity index (χ2v) is 7.13. The lowest BCUT2D eigenvalue weighted by atomic mass is 10.1. The SMILES string of the molecule is CCCN(Cc1ccc(F)cc1F)C(=O)c1cc(C(=O)OC(C)(C)C)[nH]n1. The van der Waals surface area contributed by atoms with Crippen LogP contribution < -0.4 is 0 Å². The Kier molecular flexibility index (Phi) is 6.30. The van der Waals surface area contributed by atoms with E-state index in [1.165, 1.54) is 17.0 Å². The number of nitrogens with one attached hydrogen (secondary N) is 1. The van der Waals surface area contributed by atoms with E-state index in [0.717, 1.165) is 12.1 Å². The summed E-state index contributed by atoms with van der Waals surface area (Å²) in [4.78, 5) is 26.2. The molecule has 0 bridgehead atoms. The van der Waals surface area contributed by atoms with Gasteiger partial charge < -0.3 is 9.64 Å². The summed E-state index contributed by atoms with van der Waals surface area (Å²) in [5, 5.41) is 6.37. The summed E-state index contributed by atoms with van der Waals surface area (Å²) >= 11 is 0. The number of carbonyl (C=O) groups is 2. The average molecular weight is 379 g/mol. The monoisotopic (exact) mass is 379 g/mol. The molecule has 6 nitrogen and oxygen atoms in total. The zero-order chi connectivity index (χ0) is 20.2. The van der Waals surface area contributed by atoms with Crippen molar-refractivity contribution in [2.75, 3.05) is 6.54 Å². The Hall–Kier alpha value is -2.77. The van der Waals surface area contributed by atoms with E-state index in [0.29, 0.717) is 13.0 Å². The molecule has 0 aliphatic rings. The van der Waals surface area contributed by atoms with Crippen LogP contribution in [0.25, 0.3) is 0 Å². The van der Waals surface area contributed by atoms with Crippen LogP contribution in [-0.4, -0.2) is 39.1 Å². The first-order chi connectivity index (χ1) is 12.6. The van der Waals surface area contributed by atoms with Crippen LogP contribution in [0.15, 0.2) is 24.3 Å². The molecule has 1 aromatic heterocycles. The molecular formula is C19H23F2N3O3. The molecule has 1 aromatic carbocycles. The minimum atomic E-state index is -0.722. The molecule has 0 unspecified atom stereocenters. The number of hydrogen-bond donors (Lipinski definition) is 1. The molecule has 146 valence electrons. The van der Waals surface area contributed by atoms with Gasteiger partial charge in [0.2, 0.25) is 0 Å². The number of amides is 1. The predicted octanol–water partition coefficient (Wildman–Crippen LogP) is 3.70. The van der Waals surface area contributed by atoms with Crippen molar-refractivity contribution in [1.82, 2.24) is 15.1 Å². The van der Waals surface area contributed by atoms with Gasteiger partial charge in [-0.1, -0.05) is 13.0 Å². The lowest BCUT2D eigenvalue weighted by molar-refractivity contribution is 0.00627. The average Bonchev–Trinajstić information content (AvgIpc) is 3.04. The van der Waals surface area contributed by atoms with Gasteiger partial charge in [-0.05, 0) is 33.3 Å². The van der Waals surface area contributed by atoms with Crippen molar-refractivity contribution in [2.24, 2.45) is 0 Å². The van der Waals surface area contributed by atoms with Crippen molar-refractivity contribution >= 4 is 11.9 Å². The summed E-state index contributed by atoms with van der Waals surface area (Å²) in [6.07, 6.45) is 0.637. The molecule has 27 heavy (non-hydrogen) atoms. The van der Waals surface area contributed by atoms with Crippen LogP contribution in [0.5, 0.6) is 0 Å². The van der Waals surface area contributed by atoms with Gasteiger partial charge in [-0.15, -0.1) is 0 Å². The van der Waals surface area contributed by atoms with Crippen molar-refractivity contribution in [1.29, 1.82) is 0 Å². The summed E-state index contributed by atoms with van der Waals surface area (Å²) in [5.41, 5.74) is -0.411. The van der Waals surface area contributed by atoms with Crippen molar-refractivity contribution in [2.45, 2.75) is 46.3 Å². The van der Waals surface area contributed by atoms with Crippen LogP contribution in [0.4, 0.5) is 8.78 Å². The van der Waals surface area contributed by atoms with Crippen molar-refractivity contribution in [3.05, 3.63) is 52.9 Å². The van der Waals surface area contributed by atoms with Gasteiger partial charge in [-0.3, -0.25) is 9.89 Å². The number of benzene rings is 1. The minimum absolute atomic E-state index is 0.0202. The highest BCUT2D eigenvalue weighted by Gasteiger charge is 2.24. The Morgan fingerprint density at radius 2 is 1.93 bits per heavy atom. The molecule has 0 spiro atoms. The first-order valence-electron chi connectivity index (χ1n) is 8.62. The number of nitrogens with zero attached hydrogens (tertiary/aromatic N) is 2. The van der Waals surface area contributed by atoms with Gasteiger partial charge in [0.25, 0.3) is 5.91 Å². The molecule has 1 N–H and O–H groups in total. The zero-order valence-electron chi connectivity index (χ0n) is 15.8. The largest absolute Gasteiger partial charge is 0.455 e. The van der Waals surface area contributed by atoms with E-state index in [9.17, 15) is 18.4 Å². The van der Waals surface area contributed by atoms with Gasteiger partial charge in [0, 0.05) is 30.8 Å². The molecule has 0 atom stereocenters. The van der Waals surface area contributed by atoms with E-state index in [1.54, 1.807) is 20.8 Å². The molecule has 2 aromatic rings. The Morgan fingerprint density at radius 1 is 1.22 bits per heavy atom. The molecule has 1 amide bonds. The molecular weight excluding hydrogens is 356 g/mol. The highest BCUT2D eigenvalue weighted by atomic mass is 19.1. The van der Waals surface area contributed by atoms with Gasteiger partial charge in [-0.25, -0.2) is 13.6 Å². The Balaban J connectivity index is 2.18. The number of esters is 1. The first kappa shape index (κ1) is 20.5. The molecule has 0 saturated heterocycles. The van der Waals surface area contributed by atoms with Crippen molar-refractivity contribution < 1.29 is 23.1 Å². The standard InChI is InChI=1S/C19H23F2N3O3/c1-5-8-24(11-12-6-7-13(20)9-14(12)21)17(25)15-10-16(23-22-15)18(26)27-19(2,3)4/h6-7,9-10H,5,8,11H2,1-4H3,(H,22,23). The number of aromatic amines is 1. The van der Waals surface area contributed by atoms with Crippen LogP contribution in [-0.2, 0) is 11.3 Å². The maximum Gasteiger partial charge on any atom is 0.356 e. The van der Waals surface area contributed by atoms with E-state index in [2.05, 4.69) is 10.2 Å². The van der Waals surface area contributed by atoms with Crippen LogP contribution >= 0.6 is 0 Å². The van der Waals surface area contributed by atoms with E-state index < -0.39 is 29.1 Å². The van der Waals surface area contributed by atoms with Crippen LogP contribution in [0, 0.1) is 11.6 Å². The topological polar surface area (TPSA) is 75.3 Å². The maximum absolute atomic E-state index is 13.9. The number of H-pyrrole nitrogens is 1. The van der Waals surface area contributed by atoms with E-state index in [-0.39, 0.29) is 23.5 Å². The molecule has 0 radical (unpaired) electrons. The highest BCUT2D eigenvalue weighted by Crippen LogP contribution is 2.16. The first-order valence-corrected chi connectivity index (χ1v) is 8.62. The number of ether oxygens (including phenoxy) is 1. The Bertz CT molecular complexity index is 828. The fraction of sp³-hybridized carbons (Fsp3) is 0.421. The number of carbonyl (C=O) groups excluding carboxylic acids is 2. The molecule has 0 aliphatic carbocycles. The molecule has 8 heteroatoms. The van der Waals surface area contributed by atoms with Crippen molar-refractivity contribution in [3.8, 4) is 0 Å². The van der Waals surface area contributed by atoms with E-state index >= 15 is 0 Å². The fourth-order valence-electron chi connectivity index (χ4n) is 2.41. The normalized spacial score (nSPS) is 11.3. The van der Waals surface area contributed by atoms with Crippen LogP contribution in [0.3, 0.4) is 0 Å². The summed E-state index contributed by atoms with van der Waals surface area (Å²) < 4.78 is 32.2. The van der Waals surface area contributed by atoms with Crippen LogP contribution in [0.1, 0.15) is 60.7 Å². The summed E-state index contributed by atoms with van der Waals surface area (Å²) in [5.74, 6) is -2.49. The summed E-state index contributed by atoms with van der Waals surface area (Å²) in [6, 6.07) is 4.53. The summed E-state index contributed by atoms with van der Waals surface area (Å²) in [6.45, 7) is 7.38. The van der Waals surface area contributed by atoms with Gasteiger partial charge in [0.1, 0.15) is 22.9 Å². The van der Waals surface area contributed by atoms with Crippen LogP contribution in [0.2, 0.25) is 0 Å². The predicted molar refractivity (Wildman–Crippen MR) is 95.1 cm³/mol. The molecule has 0 fully saturated rings. The third kappa shape index (κ3) is 5.60. The zero-order valence-corrected chi connectivity index (χ0v) is 15.8. The van der Waals surface area contributed by atoms with Gasteiger partial charge >= 0.3 is 5.97 Å². The molecule has 1 heterocycles. The molecule has 0 aliphatic heterocycles. The number of rotatable bonds is 6. The smallest absolute Gasteiger partial charge is 0.356 e. The fourth-order valence-corrected chi connectivity index (χ4v) is 2.41. The Morgan fingerprint density at radius 3 is 2.52 bits per heavy atom. The van der Waals surface area contributed by atoms with E-state index in [1.807, 2.05) is 6.92 Å². The minimum Gasteiger partial charge on any atom is -0.455 e. The quantitative estimate of drug-likeness (QED) is 0.777. The number of halogens is 2. The number of aromatic nitrogens is 2. The lowest BCUT2D eigenvalue weighted by Gasteiger charge is -2.21. The third-order valence-corrected chi connectivity index (χ3v) is 3.57. The van der Waals surface area contributed by atoms with Gasteiger partial charge in [-0.2, -0.15) is 5.10 Å². The summed E-state index contributed by atoms with van der Waals surface area (Å²) in [7, 11) is 0. The number of hydrogen-bond acceptors (Lipinski definition) is 4. The van der Waals surface area contributed by atoms with E-state index in [4.69, 9.17) is 4.74 Å². The third-order valence-electron chi connectivity index (χ3n) is 3.57.